The van der Waals surface area contributed by atoms with Crippen molar-refractivity contribution in [3.05, 3.63) is 69.8 Å². The Bertz CT molecular complexity index is 1590. The van der Waals surface area contributed by atoms with Crippen LogP contribution >= 0.6 is 0 Å². The third kappa shape index (κ3) is 4.15. The number of halogens is 2. The molecule has 0 spiro atoms. The van der Waals surface area contributed by atoms with Crippen molar-refractivity contribution in [2.75, 3.05) is 18.1 Å². The first kappa shape index (κ1) is 24.6. The van der Waals surface area contributed by atoms with Crippen LogP contribution in [0.3, 0.4) is 0 Å². The van der Waals surface area contributed by atoms with Crippen molar-refractivity contribution < 1.29 is 18.6 Å². The lowest BCUT2D eigenvalue weighted by molar-refractivity contribution is -0.0394. The van der Waals surface area contributed by atoms with E-state index in [4.69, 9.17) is 4.74 Å². The second-order valence-electron chi connectivity index (χ2n) is 10.2. The SMILES string of the molecule is Cc1cc2c(N3CCCc4cc(-c5cnn(C6CCCCO6)c5)c(C(F)F)cc43)cc(O)cc2n(C)c1=O. The van der Waals surface area contributed by atoms with Gasteiger partial charge in [0.2, 0.25) is 0 Å². The number of pyridine rings is 1. The molecule has 2 aliphatic rings. The zero-order valence-corrected chi connectivity index (χ0v) is 21.5. The molecule has 6 rings (SSSR count). The van der Waals surface area contributed by atoms with Gasteiger partial charge in [0, 0.05) is 66.3 Å². The summed E-state index contributed by atoms with van der Waals surface area (Å²) >= 11 is 0. The number of rotatable bonds is 4. The molecule has 198 valence electrons. The molecule has 4 aromatic rings. The van der Waals surface area contributed by atoms with Crippen LogP contribution in [0.25, 0.3) is 22.0 Å². The Morgan fingerprint density at radius 3 is 2.71 bits per heavy atom. The molecule has 2 aliphatic heterocycles. The van der Waals surface area contributed by atoms with Crippen LogP contribution in [0, 0.1) is 6.92 Å². The fourth-order valence-electron chi connectivity index (χ4n) is 5.81. The van der Waals surface area contributed by atoms with Gasteiger partial charge >= 0.3 is 0 Å². The molecule has 0 amide bonds. The third-order valence-corrected chi connectivity index (χ3v) is 7.74. The summed E-state index contributed by atoms with van der Waals surface area (Å²) in [6, 6.07) is 8.45. The summed E-state index contributed by atoms with van der Waals surface area (Å²) in [6.07, 6.45) is 5.07. The summed E-state index contributed by atoms with van der Waals surface area (Å²) in [4.78, 5) is 14.5. The topological polar surface area (TPSA) is 72.5 Å². The van der Waals surface area contributed by atoms with Crippen LogP contribution in [0.15, 0.2) is 47.5 Å². The van der Waals surface area contributed by atoms with Gasteiger partial charge in [-0.15, -0.1) is 0 Å². The summed E-state index contributed by atoms with van der Waals surface area (Å²) in [5.41, 5.74) is 4.41. The van der Waals surface area contributed by atoms with Gasteiger partial charge in [-0.25, -0.2) is 13.5 Å². The largest absolute Gasteiger partial charge is 0.508 e. The number of anilines is 2. The number of phenolic OH excluding ortho intramolecular Hbond substituents is 1. The molecule has 1 atom stereocenters. The molecular weight excluding hydrogens is 490 g/mol. The highest BCUT2D eigenvalue weighted by atomic mass is 19.3. The molecule has 0 aliphatic carbocycles. The molecule has 1 saturated heterocycles. The number of benzene rings is 2. The van der Waals surface area contributed by atoms with E-state index < -0.39 is 6.43 Å². The zero-order chi connectivity index (χ0) is 26.6. The number of hydrogen-bond donors (Lipinski definition) is 1. The third-order valence-electron chi connectivity index (χ3n) is 7.74. The molecule has 9 heteroatoms. The molecule has 1 fully saturated rings. The van der Waals surface area contributed by atoms with Gasteiger partial charge in [0.05, 0.1) is 17.4 Å². The molecule has 0 bridgehead atoms. The highest BCUT2D eigenvalue weighted by Crippen LogP contribution is 2.44. The lowest BCUT2D eigenvalue weighted by Crippen LogP contribution is -2.26. The number of aromatic hydroxyl groups is 1. The number of phenols is 1. The lowest BCUT2D eigenvalue weighted by Gasteiger charge is -2.33. The normalized spacial score (nSPS) is 17.8. The monoisotopic (exact) mass is 520 g/mol. The predicted octanol–water partition coefficient (Wildman–Crippen LogP) is 6.14. The van der Waals surface area contributed by atoms with Crippen LogP contribution in [-0.2, 0) is 18.2 Å². The van der Waals surface area contributed by atoms with Crippen molar-refractivity contribution in [1.29, 1.82) is 0 Å². The van der Waals surface area contributed by atoms with E-state index in [9.17, 15) is 18.7 Å². The number of nitrogens with zero attached hydrogens (tertiary/aromatic N) is 4. The molecule has 2 aromatic carbocycles. The summed E-state index contributed by atoms with van der Waals surface area (Å²) < 4.78 is 38.1. The van der Waals surface area contributed by atoms with Crippen molar-refractivity contribution in [2.24, 2.45) is 7.05 Å². The van der Waals surface area contributed by atoms with E-state index in [1.54, 1.807) is 49.2 Å². The van der Waals surface area contributed by atoms with Crippen LogP contribution < -0.4 is 10.5 Å². The lowest BCUT2D eigenvalue weighted by atomic mass is 9.92. The summed E-state index contributed by atoms with van der Waals surface area (Å²) in [5, 5.41) is 15.8. The van der Waals surface area contributed by atoms with E-state index >= 15 is 0 Å². The highest BCUT2D eigenvalue weighted by molar-refractivity contribution is 5.96. The Balaban J connectivity index is 1.48. The zero-order valence-electron chi connectivity index (χ0n) is 21.5. The van der Waals surface area contributed by atoms with Crippen LogP contribution in [-0.4, -0.2) is 32.6 Å². The maximum absolute atomic E-state index is 14.5. The number of fused-ring (bicyclic) bond motifs is 2. The highest BCUT2D eigenvalue weighted by Gasteiger charge is 2.27. The van der Waals surface area contributed by atoms with E-state index in [-0.39, 0.29) is 23.1 Å². The van der Waals surface area contributed by atoms with Gasteiger partial charge in [-0.1, -0.05) is 0 Å². The summed E-state index contributed by atoms with van der Waals surface area (Å²) in [6.45, 7) is 3.03. The Kier molecular flexibility index (Phi) is 6.18. The van der Waals surface area contributed by atoms with Gasteiger partial charge in [0.25, 0.3) is 12.0 Å². The minimum absolute atomic E-state index is 0.0153. The standard InChI is InChI=1S/C29H30F2N4O3/c1-17-10-23-25(33(2)29(17)37)12-20(36)13-26(23)34-8-5-6-18-11-21(22(28(30)31)14-24(18)34)19-15-32-35(16-19)27-7-3-4-9-38-27/h10-16,27-28,36H,3-9H2,1-2H3. The van der Waals surface area contributed by atoms with Crippen molar-refractivity contribution in [3.63, 3.8) is 0 Å². The maximum atomic E-state index is 14.5. The van der Waals surface area contributed by atoms with Crippen LogP contribution in [0.2, 0.25) is 0 Å². The smallest absolute Gasteiger partial charge is 0.264 e. The Morgan fingerprint density at radius 2 is 1.95 bits per heavy atom. The number of hydrogen-bond acceptors (Lipinski definition) is 5. The van der Waals surface area contributed by atoms with Gasteiger partial charge < -0.3 is 19.3 Å². The van der Waals surface area contributed by atoms with Crippen LogP contribution in [0.4, 0.5) is 20.2 Å². The van der Waals surface area contributed by atoms with E-state index in [1.165, 1.54) is 4.57 Å². The van der Waals surface area contributed by atoms with Crippen molar-refractivity contribution in [1.82, 2.24) is 14.3 Å². The summed E-state index contributed by atoms with van der Waals surface area (Å²) in [7, 11) is 1.67. The minimum Gasteiger partial charge on any atom is -0.508 e. The van der Waals surface area contributed by atoms with E-state index in [0.717, 1.165) is 43.1 Å². The van der Waals surface area contributed by atoms with Gasteiger partial charge in [0.1, 0.15) is 12.0 Å². The van der Waals surface area contributed by atoms with Crippen molar-refractivity contribution in [3.8, 4) is 16.9 Å². The fourth-order valence-corrected chi connectivity index (χ4v) is 5.81. The quantitative estimate of drug-likeness (QED) is 0.350. The van der Waals surface area contributed by atoms with Crippen molar-refractivity contribution >= 4 is 22.3 Å². The van der Waals surface area contributed by atoms with Crippen molar-refractivity contribution in [2.45, 2.75) is 51.7 Å². The summed E-state index contributed by atoms with van der Waals surface area (Å²) in [5.74, 6) is 0.0153. The number of ether oxygens (including phenoxy) is 1. The predicted molar refractivity (Wildman–Crippen MR) is 142 cm³/mol. The molecule has 4 heterocycles. The fraction of sp³-hybridized carbons (Fsp3) is 0.379. The average Bonchev–Trinajstić information content (AvgIpc) is 3.42. The maximum Gasteiger partial charge on any atom is 0.264 e. The average molecular weight is 521 g/mol. The van der Waals surface area contributed by atoms with E-state index in [0.29, 0.717) is 46.7 Å². The second kappa shape index (κ2) is 9.54. The van der Waals surface area contributed by atoms with Gasteiger partial charge in [-0.05, 0) is 68.4 Å². The van der Waals surface area contributed by atoms with Gasteiger partial charge in [0.15, 0.2) is 0 Å². The molecule has 38 heavy (non-hydrogen) atoms. The van der Waals surface area contributed by atoms with E-state index in [2.05, 4.69) is 5.10 Å². The number of aryl methyl sites for hydroxylation is 3. The van der Waals surface area contributed by atoms with Gasteiger partial charge in [-0.2, -0.15) is 5.10 Å². The van der Waals surface area contributed by atoms with Crippen LogP contribution in [0.1, 0.15) is 55.0 Å². The Labute approximate surface area is 218 Å². The minimum atomic E-state index is -2.68. The first-order chi connectivity index (χ1) is 18.3. The molecule has 7 nitrogen and oxygen atoms in total. The molecular formula is C29H30F2N4O3. The second-order valence-corrected chi connectivity index (χ2v) is 10.2. The molecule has 0 saturated carbocycles. The first-order valence-corrected chi connectivity index (χ1v) is 13.0. The van der Waals surface area contributed by atoms with E-state index in [1.807, 2.05) is 17.0 Å². The first-order valence-electron chi connectivity index (χ1n) is 13.0. The molecule has 1 unspecified atom stereocenters. The van der Waals surface area contributed by atoms with Crippen LogP contribution in [0.5, 0.6) is 5.75 Å². The number of aromatic nitrogens is 3. The molecule has 0 radical (unpaired) electrons. The Hall–Kier alpha value is -3.72. The van der Waals surface area contributed by atoms with Gasteiger partial charge in [-0.3, -0.25) is 4.79 Å². The molecule has 1 N–H and O–H groups in total. The molecule has 2 aromatic heterocycles. The Morgan fingerprint density at radius 1 is 1.11 bits per heavy atom. The number of alkyl halides is 2.